The molecule has 0 unspecified atom stereocenters. The SMILES string of the molecule is CCOc1cc(C=Nn2c(-c3cc4ccccc4o3)nc3ccccc3c2=O)cc(I)c1OCC(=O)OC. The number of methoxy groups -OCH3 is 1. The fourth-order valence-electron chi connectivity index (χ4n) is 3.86. The van der Waals surface area contributed by atoms with Crippen LogP contribution in [-0.4, -0.2) is 42.2 Å². The molecule has 0 spiro atoms. The van der Waals surface area contributed by atoms with E-state index in [9.17, 15) is 9.59 Å². The lowest BCUT2D eigenvalue weighted by atomic mass is 10.2. The molecule has 192 valence electrons. The second-order valence-electron chi connectivity index (χ2n) is 8.09. The molecule has 9 nitrogen and oxygen atoms in total. The van der Waals surface area contributed by atoms with Crippen LogP contribution in [0.25, 0.3) is 33.5 Å². The maximum absolute atomic E-state index is 13.5. The van der Waals surface area contributed by atoms with Gasteiger partial charge in [-0.25, -0.2) is 9.78 Å². The van der Waals surface area contributed by atoms with E-state index in [2.05, 4.69) is 32.4 Å². The van der Waals surface area contributed by atoms with Gasteiger partial charge < -0.3 is 18.6 Å². The zero-order valence-electron chi connectivity index (χ0n) is 20.5. The minimum Gasteiger partial charge on any atom is -0.490 e. The average molecular weight is 623 g/mol. The number of hydrogen-bond acceptors (Lipinski definition) is 8. The minimum absolute atomic E-state index is 0.251. The summed E-state index contributed by atoms with van der Waals surface area (Å²) in [5.74, 6) is 1.05. The van der Waals surface area contributed by atoms with Gasteiger partial charge in [-0.2, -0.15) is 9.78 Å². The first-order valence-corrected chi connectivity index (χ1v) is 12.8. The molecule has 5 rings (SSSR count). The second kappa shape index (κ2) is 11.1. The van der Waals surface area contributed by atoms with Crippen LogP contribution in [0.1, 0.15) is 12.5 Å². The van der Waals surface area contributed by atoms with Crippen LogP contribution < -0.4 is 15.0 Å². The summed E-state index contributed by atoms with van der Waals surface area (Å²) in [5, 5.41) is 5.83. The summed E-state index contributed by atoms with van der Waals surface area (Å²) >= 11 is 2.09. The molecule has 0 saturated carbocycles. The third-order valence-electron chi connectivity index (χ3n) is 5.62. The van der Waals surface area contributed by atoms with E-state index in [-0.39, 0.29) is 18.0 Å². The van der Waals surface area contributed by atoms with E-state index in [1.54, 1.807) is 36.5 Å². The molecule has 5 aromatic rings. The van der Waals surface area contributed by atoms with Gasteiger partial charge in [0.2, 0.25) is 5.82 Å². The van der Waals surface area contributed by atoms with Gasteiger partial charge in [0, 0.05) is 5.39 Å². The van der Waals surface area contributed by atoms with Gasteiger partial charge >= 0.3 is 5.97 Å². The molecule has 0 atom stereocenters. The molecule has 0 bridgehead atoms. The Morgan fingerprint density at radius 3 is 2.68 bits per heavy atom. The molecule has 3 aromatic carbocycles. The van der Waals surface area contributed by atoms with E-state index in [1.165, 1.54) is 11.8 Å². The largest absolute Gasteiger partial charge is 0.490 e. The van der Waals surface area contributed by atoms with Gasteiger partial charge in [-0.1, -0.05) is 30.3 Å². The van der Waals surface area contributed by atoms with Gasteiger partial charge in [0.05, 0.1) is 34.4 Å². The van der Waals surface area contributed by atoms with Crippen LogP contribution in [0.5, 0.6) is 11.5 Å². The highest BCUT2D eigenvalue weighted by Crippen LogP contribution is 2.34. The smallest absolute Gasteiger partial charge is 0.343 e. The third kappa shape index (κ3) is 5.12. The van der Waals surface area contributed by atoms with Gasteiger partial charge in [0.25, 0.3) is 5.56 Å². The summed E-state index contributed by atoms with van der Waals surface area (Å²) in [6.07, 6.45) is 1.54. The first kappa shape index (κ1) is 25.5. The molecule has 0 aliphatic rings. The molecule has 0 aliphatic carbocycles. The number of hydrogen-bond donors (Lipinski definition) is 0. The molecule has 2 heterocycles. The Bertz CT molecular complexity index is 1710. The van der Waals surface area contributed by atoms with Crippen molar-refractivity contribution in [1.82, 2.24) is 9.66 Å². The fourth-order valence-corrected chi connectivity index (χ4v) is 4.64. The van der Waals surface area contributed by atoms with Crippen molar-refractivity contribution in [1.29, 1.82) is 0 Å². The van der Waals surface area contributed by atoms with Crippen molar-refractivity contribution in [3.8, 4) is 23.1 Å². The van der Waals surface area contributed by atoms with Crippen molar-refractivity contribution in [2.75, 3.05) is 20.3 Å². The summed E-state index contributed by atoms with van der Waals surface area (Å²) < 4.78 is 24.0. The Kier molecular flexibility index (Phi) is 7.40. The van der Waals surface area contributed by atoms with Crippen LogP contribution in [0.2, 0.25) is 0 Å². The lowest BCUT2D eigenvalue weighted by Gasteiger charge is -2.14. The number of esters is 1. The van der Waals surface area contributed by atoms with Gasteiger partial charge in [-0.05, 0) is 71.5 Å². The first-order valence-electron chi connectivity index (χ1n) is 11.7. The van der Waals surface area contributed by atoms with Crippen molar-refractivity contribution in [3.05, 3.63) is 86.2 Å². The van der Waals surface area contributed by atoms with Crippen molar-refractivity contribution in [2.24, 2.45) is 5.10 Å². The van der Waals surface area contributed by atoms with Crippen LogP contribution in [0.15, 0.2) is 81.0 Å². The van der Waals surface area contributed by atoms with Crippen LogP contribution in [0, 0.1) is 3.57 Å². The van der Waals surface area contributed by atoms with Gasteiger partial charge in [0.15, 0.2) is 23.9 Å². The number of carbonyl (C=O) groups excluding carboxylic acids is 1. The number of furan rings is 1. The molecule has 0 radical (unpaired) electrons. The van der Waals surface area contributed by atoms with Gasteiger partial charge in [0.1, 0.15) is 5.58 Å². The highest BCUT2D eigenvalue weighted by atomic mass is 127. The highest BCUT2D eigenvalue weighted by molar-refractivity contribution is 14.1. The molecule has 38 heavy (non-hydrogen) atoms. The molecule has 0 aliphatic heterocycles. The van der Waals surface area contributed by atoms with E-state index in [4.69, 9.17) is 18.9 Å². The number of carbonyl (C=O) groups is 1. The zero-order chi connectivity index (χ0) is 26.6. The van der Waals surface area contributed by atoms with Crippen LogP contribution in [0.3, 0.4) is 0 Å². The Morgan fingerprint density at radius 1 is 1.11 bits per heavy atom. The molecule has 0 amide bonds. The Balaban J connectivity index is 1.60. The quantitative estimate of drug-likeness (QED) is 0.132. The maximum Gasteiger partial charge on any atom is 0.343 e. The van der Waals surface area contributed by atoms with E-state index >= 15 is 0 Å². The van der Waals surface area contributed by atoms with E-state index in [0.29, 0.717) is 49.5 Å². The number of rotatable bonds is 8. The molecule has 0 fully saturated rings. The number of nitrogens with zero attached hydrogens (tertiary/aromatic N) is 3. The second-order valence-corrected chi connectivity index (χ2v) is 9.25. The highest BCUT2D eigenvalue weighted by Gasteiger charge is 2.17. The lowest BCUT2D eigenvalue weighted by Crippen LogP contribution is -2.20. The summed E-state index contributed by atoms with van der Waals surface area (Å²) in [4.78, 5) is 29.8. The van der Waals surface area contributed by atoms with Gasteiger partial charge in [-0.3, -0.25) is 4.79 Å². The predicted octanol–water partition coefficient (Wildman–Crippen LogP) is 5.25. The number of benzene rings is 3. The first-order chi connectivity index (χ1) is 18.5. The van der Waals surface area contributed by atoms with E-state index in [0.717, 1.165) is 5.39 Å². The maximum atomic E-state index is 13.5. The van der Waals surface area contributed by atoms with Crippen LogP contribution in [-0.2, 0) is 9.53 Å². The van der Waals surface area contributed by atoms with Crippen molar-refractivity contribution in [2.45, 2.75) is 6.92 Å². The summed E-state index contributed by atoms with van der Waals surface area (Å²) in [5.41, 5.74) is 1.54. The zero-order valence-corrected chi connectivity index (χ0v) is 22.7. The molecular weight excluding hydrogens is 601 g/mol. The van der Waals surface area contributed by atoms with Gasteiger partial charge in [-0.15, -0.1) is 0 Å². The molecule has 0 saturated heterocycles. The Hall–Kier alpha value is -4.19. The average Bonchev–Trinajstić information content (AvgIpc) is 3.36. The standard InChI is InChI=1S/C28H22IN3O6/c1-3-36-23-13-17(12-20(29)26(23)37-16-25(33)35-2)15-30-32-27(24-14-18-8-4-7-11-22(18)38-24)31-21-10-6-5-9-19(21)28(32)34/h4-15H,3,16H2,1-2H3. The number of halogens is 1. The monoisotopic (exact) mass is 623 g/mol. The molecule has 10 heteroatoms. The van der Waals surface area contributed by atoms with Crippen molar-refractivity contribution in [3.63, 3.8) is 0 Å². The summed E-state index contributed by atoms with van der Waals surface area (Å²) in [6, 6.07) is 20.0. The molecular formula is C28H22IN3O6. The topological polar surface area (TPSA) is 105 Å². The van der Waals surface area contributed by atoms with Crippen LogP contribution >= 0.6 is 22.6 Å². The fraction of sp³-hybridized carbons (Fsp3) is 0.143. The number of aromatic nitrogens is 2. The van der Waals surface area contributed by atoms with Crippen molar-refractivity contribution < 1.29 is 23.4 Å². The molecule has 0 N–H and O–H groups in total. The summed E-state index contributed by atoms with van der Waals surface area (Å²) in [7, 11) is 1.29. The third-order valence-corrected chi connectivity index (χ3v) is 6.42. The predicted molar refractivity (Wildman–Crippen MR) is 152 cm³/mol. The Morgan fingerprint density at radius 2 is 1.89 bits per heavy atom. The number of fused-ring (bicyclic) bond motifs is 2. The number of para-hydroxylation sites is 2. The lowest BCUT2D eigenvalue weighted by molar-refractivity contribution is -0.142. The minimum atomic E-state index is -0.504. The van der Waals surface area contributed by atoms with Crippen LogP contribution in [0.4, 0.5) is 0 Å². The molecule has 2 aromatic heterocycles. The normalized spacial score (nSPS) is 11.3. The number of ether oxygens (including phenoxy) is 3. The Labute approximate surface area is 230 Å². The van der Waals surface area contributed by atoms with E-state index < -0.39 is 5.97 Å². The summed E-state index contributed by atoms with van der Waals surface area (Å²) in [6.45, 7) is 1.98. The van der Waals surface area contributed by atoms with E-state index in [1.807, 2.05) is 43.3 Å². The van der Waals surface area contributed by atoms with Crippen molar-refractivity contribution >= 4 is 56.6 Å².